The standard InChI is InChI=1S/C25H28Cl2N2O3/c1-28-14-6-7-15-29(24(30)17-12-13-19(26)20(27)16-17)21-9-3-5-11-23(21)32-22-10-4-2-8-18(22)25(28)31/h2,4,8,10,12-13,16,21,23H,3,5-7,9,11,14-15H2,1H3/t21-,23+/m1/s1. The van der Waals surface area contributed by atoms with E-state index in [0.29, 0.717) is 40.0 Å². The van der Waals surface area contributed by atoms with Crippen molar-refractivity contribution >= 4 is 35.0 Å². The lowest BCUT2D eigenvalue weighted by Crippen LogP contribution is -2.51. The largest absolute Gasteiger partial charge is 0.487 e. The van der Waals surface area contributed by atoms with Gasteiger partial charge in [-0.05, 0) is 62.4 Å². The third-order valence-electron chi connectivity index (χ3n) is 6.38. The molecule has 0 N–H and O–H groups in total. The van der Waals surface area contributed by atoms with Gasteiger partial charge >= 0.3 is 0 Å². The summed E-state index contributed by atoms with van der Waals surface area (Å²) in [6.07, 6.45) is 5.23. The molecule has 0 saturated heterocycles. The molecule has 0 aromatic heterocycles. The molecule has 32 heavy (non-hydrogen) atoms. The minimum absolute atomic E-state index is 0.0303. The zero-order valence-corrected chi connectivity index (χ0v) is 19.7. The van der Waals surface area contributed by atoms with Crippen molar-refractivity contribution < 1.29 is 14.3 Å². The van der Waals surface area contributed by atoms with Gasteiger partial charge in [0.1, 0.15) is 11.9 Å². The molecule has 5 nitrogen and oxygen atoms in total. The molecule has 2 aliphatic rings. The van der Waals surface area contributed by atoms with Gasteiger partial charge in [0.2, 0.25) is 0 Å². The molecule has 0 spiro atoms. The third kappa shape index (κ3) is 4.89. The molecule has 2 aromatic carbocycles. The second-order valence-corrected chi connectivity index (χ2v) is 9.38. The number of nitrogens with zero attached hydrogens (tertiary/aromatic N) is 2. The first-order valence-electron chi connectivity index (χ1n) is 11.2. The van der Waals surface area contributed by atoms with Crippen molar-refractivity contribution in [3.05, 3.63) is 63.6 Å². The fraction of sp³-hybridized carbons (Fsp3) is 0.440. The molecule has 0 unspecified atom stereocenters. The van der Waals surface area contributed by atoms with Crippen LogP contribution in [0.3, 0.4) is 0 Å². The van der Waals surface area contributed by atoms with Crippen LogP contribution in [0.2, 0.25) is 10.0 Å². The maximum Gasteiger partial charge on any atom is 0.257 e. The van der Waals surface area contributed by atoms with Gasteiger partial charge in [-0.2, -0.15) is 0 Å². The molecular formula is C25H28Cl2N2O3. The highest BCUT2D eigenvalue weighted by Gasteiger charge is 2.36. The average molecular weight is 475 g/mol. The third-order valence-corrected chi connectivity index (χ3v) is 7.12. The summed E-state index contributed by atoms with van der Waals surface area (Å²) in [4.78, 5) is 30.3. The van der Waals surface area contributed by atoms with E-state index in [1.165, 1.54) is 0 Å². The van der Waals surface area contributed by atoms with Crippen LogP contribution in [0.25, 0.3) is 0 Å². The van der Waals surface area contributed by atoms with Crippen molar-refractivity contribution in [2.45, 2.75) is 50.7 Å². The van der Waals surface area contributed by atoms with E-state index >= 15 is 0 Å². The monoisotopic (exact) mass is 474 g/mol. The van der Waals surface area contributed by atoms with E-state index in [1.54, 1.807) is 23.1 Å². The van der Waals surface area contributed by atoms with Gasteiger partial charge in [-0.15, -0.1) is 0 Å². The average Bonchev–Trinajstić information content (AvgIpc) is 2.80. The van der Waals surface area contributed by atoms with Gasteiger partial charge in [0, 0.05) is 25.7 Å². The summed E-state index contributed by atoms with van der Waals surface area (Å²) in [5.41, 5.74) is 1.10. The molecule has 1 aliphatic heterocycles. The Labute approximate surface area is 199 Å². The molecule has 170 valence electrons. The summed E-state index contributed by atoms with van der Waals surface area (Å²) in [5.74, 6) is 0.500. The van der Waals surface area contributed by atoms with E-state index < -0.39 is 0 Å². The fourth-order valence-electron chi connectivity index (χ4n) is 4.63. The van der Waals surface area contributed by atoms with Crippen LogP contribution in [-0.2, 0) is 0 Å². The number of hydrogen-bond donors (Lipinski definition) is 0. The molecule has 7 heteroatoms. The van der Waals surface area contributed by atoms with E-state index in [2.05, 4.69) is 0 Å². The lowest BCUT2D eigenvalue weighted by molar-refractivity contribution is 0.0261. The van der Waals surface area contributed by atoms with Crippen LogP contribution in [0.1, 0.15) is 59.2 Å². The molecule has 4 rings (SSSR count). The second kappa shape index (κ2) is 10.1. The Kier molecular flexibility index (Phi) is 7.27. The number of para-hydroxylation sites is 1. The first kappa shape index (κ1) is 22.9. The van der Waals surface area contributed by atoms with Gasteiger partial charge in [-0.25, -0.2) is 0 Å². The summed E-state index contributed by atoms with van der Waals surface area (Å²) in [5, 5.41) is 0.803. The molecule has 1 fully saturated rings. The lowest BCUT2D eigenvalue weighted by Gasteiger charge is -2.40. The fourth-order valence-corrected chi connectivity index (χ4v) is 4.93. The summed E-state index contributed by atoms with van der Waals surface area (Å²) >= 11 is 12.3. The Balaban J connectivity index is 1.69. The zero-order valence-electron chi connectivity index (χ0n) is 18.2. The number of halogens is 2. The summed E-state index contributed by atoms with van der Waals surface area (Å²) in [7, 11) is 1.81. The Bertz CT molecular complexity index is 997. The predicted molar refractivity (Wildman–Crippen MR) is 127 cm³/mol. The van der Waals surface area contributed by atoms with Gasteiger partial charge in [0.25, 0.3) is 11.8 Å². The summed E-state index contributed by atoms with van der Waals surface area (Å²) in [6.45, 7) is 1.23. The zero-order chi connectivity index (χ0) is 22.7. The quantitative estimate of drug-likeness (QED) is 0.533. The number of rotatable bonds is 1. The first-order valence-corrected chi connectivity index (χ1v) is 12.0. The van der Waals surface area contributed by atoms with Crippen molar-refractivity contribution in [2.75, 3.05) is 20.1 Å². The van der Waals surface area contributed by atoms with Crippen LogP contribution in [0.5, 0.6) is 5.75 Å². The highest BCUT2D eigenvalue weighted by atomic mass is 35.5. The normalized spacial score (nSPS) is 22.2. The molecule has 2 aromatic rings. The van der Waals surface area contributed by atoms with Crippen molar-refractivity contribution in [1.82, 2.24) is 9.80 Å². The molecule has 1 heterocycles. The predicted octanol–water partition coefficient (Wildman–Crippen LogP) is 5.69. The van der Waals surface area contributed by atoms with Gasteiger partial charge in [-0.3, -0.25) is 9.59 Å². The minimum Gasteiger partial charge on any atom is -0.487 e. The minimum atomic E-state index is -0.172. The first-order chi connectivity index (χ1) is 15.5. The van der Waals surface area contributed by atoms with Crippen molar-refractivity contribution in [3.63, 3.8) is 0 Å². The number of carbonyl (C=O) groups is 2. The van der Waals surface area contributed by atoms with Crippen LogP contribution >= 0.6 is 23.2 Å². The van der Waals surface area contributed by atoms with E-state index in [1.807, 2.05) is 36.2 Å². The topological polar surface area (TPSA) is 49.9 Å². The smallest absolute Gasteiger partial charge is 0.257 e. The number of amides is 2. The number of benzene rings is 2. The molecule has 2 amide bonds. The number of hydrogen-bond acceptors (Lipinski definition) is 3. The number of carbonyl (C=O) groups excluding carboxylic acids is 2. The van der Waals surface area contributed by atoms with Gasteiger partial charge in [0.15, 0.2) is 0 Å². The van der Waals surface area contributed by atoms with Crippen LogP contribution in [0, 0.1) is 0 Å². The molecule has 1 saturated carbocycles. The second-order valence-electron chi connectivity index (χ2n) is 8.57. The SMILES string of the molecule is CN1CCCCN(C(=O)c2ccc(Cl)c(Cl)c2)[C@@H]2CCCC[C@@H]2Oc2ccccc2C1=O. The van der Waals surface area contributed by atoms with Crippen LogP contribution in [0.15, 0.2) is 42.5 Å². The highest BCUT2D eigenvalue weighted by Crippen LogP contribution is 2.32. The maximum atomic E-state index is 13.6. The number of fused-ring (bicyclic) bond motifs is 2. The van der Waals surface area contributed by atoms with E-state index in [0.717, 1.165) is 38.5 Å². The summed E-state index contributed by atoms with van der Waals surface area (Å²) < 4.78 is 6.46. The van der Waals surface area contributed by atoms with Crippen molar-refractivity contribution in [2.24, 2.45) is 0 Å². The van der Waals surface area contributed by atoms with Gasteiger partial charge < -0.3 is 14.5 Å². The lowest BCUT2D eigenvalue weighted by atomic mass is 9.90. The molecule has 0 radical (unpaired) electrons. The molecule has 1 aliphatic carbocycles. The van der Waals surface area contributed by atoms with Crippen molar-refractivity contribution in [3.8, 4) is 5.75 Å². The van der Waals surface area contributed by atoms with E-state index in [4.69, 9.17) is 27.9 Å². The van der Waals surface area contributed by atoms with Gasteiger partial charge in [-0.1, -0.05) is 41.8 Å². The van der Waals surface area contributed by atoms with E-state index in [-0.39, 0.29) is 24.0 Å². The Morgan fingerprint density at radius 3 is 2.53 bits per heavy atom. The van der Waals surface area contributed by atoms with Gasteiger partial charge in [0.05, 0.1) is 21.7 Å². The van der Waals surface area contributed by atoms with Crippen molar-refractivity contribution in [1.29, 1.82) is 0 Å². The summed E-state index contributed by atoms with van der Waals surface area (Å²) in [6, 6.07) is 12.4. The number of ether oxygens (including phenoxy) is 1. The van der Waals surface area contributed by atoms with Crippen LogP contribution in [0.4, 0.5) is 0 Å². The Hall–Kier alpha value is -2.24. The van der Waals surface area contributed by atoms with Crippen LogP contribution < -0.4 is 4.74 Å². The van der Waals surface area contributed by atoms with E-state index in [9.17, 15) is 9.59 Å². The highest BCUT2D eigenvalue weighted by molar-refractivity contribution is 6.42. The molecule has 0 bridgehead atoms. The Morgan fingerprint density at radius 1 is 0.969 bits per heavy atom. The molecule has 2 atom stereocenters. The molecular weight excluding hydrogens is 447 g/mol. The Morgan fingerprint density at radius 2 is 1.72 bits per heavy atom. The maximum absolute atomic E-state index is 13.6. The van der Waals surface area contributed by atoms with Crippen LogP contribution in [-0.4, -0.2) is 53.9 Å².